The molecule has 2 amide bonds. The fourth-order valence-corrected chi connectivity index (χ4v) is 4.83. The van der Waals surface area contributed by atoms with E-state index in [4.69, 9.17) is 14.0 Å². The van der Waals surface area contributed by atoms with Gasteiger partial charge in [-0.3, -0.25) is 4.90 Å². The Morgan fingerprint density at radius 1 is 1.19 bits per heavy atom. The van der Waals surface area contributed by atoms with Crippen LogP contribution in [0.2, 0.25) is 0 Å². The number of urea groups is 1. The van der Waals surface area contributed by atoms with Crippen LogP contribution in [-0.2, 0) is 22.5 Å². The third-order valence-corrected chi connectivity index (χ3v) is 6.45. The highest BCUT2D eigenvalue weighted by molar-refractivity contribution is 5.97. The van der Waals surface area contributed by atoms with Crippen molar-refractivity contribution in [2.75, 3.05) is 13.7 Å². The molecule has 9 heteroatoms. The highest BCUT2D eigenvalue weighted by Crippen LogP contribution is 2.38. The maximum absolute atomic E-state index is 13.0. The predicted molar refractivity (Wildman–Crippen MR) is 112 cm³/mol. The summed E-state index contributed by atoms with van der Waals surface area (Å²) in [4.78, 5) is 31.6. The Balaban J connectivity index is 1.38. The number of para-hydroxylation sites is 1. The van der Waals surface area contributed by atoms with Crippen LogP contribution in [0.15, 0.2) is 40.1 Å². The second-order valence-electron chi connectivity index (χ2n) is 8.46. The van der Waals surface area contributed by atoms with Crippen LogP contribution in [-0.4, -0.2) is 40.8 Å². The predicted octanol–water partition coefficient (Wildman–Crippen LogP) is 3.28. The molecule has 3 heterocycles. The molecule has 1 aliphatic carbocycles. The average Bonchev–Trinajstić information content (AvgIpc) is 3.42. The highest BCUT2D eigenvalue weighted by atomic mass is 16.5. The molecule has 1 fully saturated rings. The van der Waals surface area contributed by atoms with Crippen molar-refractivity contribution in [3.8, 4) is 5.75 Å². The summed E-state index contributed by atoms with van der Waals surface area (Å²) >= 11 is 0. The van der Waals surface area contributed by atoms with Gasteiger partial charge in [0, 0.05) is 12.0 Å². The van der Waals surface area contributed by atoms with E-state index in [0.717, 1.165) is 6.42 Å². The van der Waals surface area contributed by atoms with Crippen molar-refractivity contribution < 1.29 is 23.6 Å². The van der Waals surface area contributed by atoms with Gasteiger partial charge < -0.3 is 19.3 Å². The number of rotatable bonds is 6. The van der Waals surface area contributed by atoms with Gasteiger partial charge >= 0.3 is 12.0 Å². The van der Waals surface area contributed by atoms with Gasteiger partial charge in [-0.1, -0.05) is 42.6 Å². The van der Waals surface area contributed by atoms with Crippen LogP contribution < -0.4 is 10.1 Å². The van der Waals surface area contributed by atoms with E-state index in [-0.39, 0.29) is 19.2 Å². The molecule has 0 spiro atoms. The minimum Gasteiger partial charge on any atom is -0.496 e. The molecular formula is C23H26N4O5. The minimum absolute atomic E-state index is 0.0278. The van der Waals surface area contributed by atoms with Gasteiger partial charge in [0.2, 0.25) is 5.89 Å². The maximum atomic E-state index is 13.0. The third-order valence-electron chi connectivity index (χ3n) is 6.45. The van der Waals surface area contributed by atoms with E-state index in [1.54, 1.807) is 13.2 Å². The molecule has 5 rings (SSSR count). The number of nitrogens with zero attached hydrogens (tertiary/aromatic N) is 3. The molecule has 0 unspecified atom stereocenters. The lowest BCUT2D eigenvalue weighted by atomic mass is 9.87. The summed E-state index contributed by atoms with van der Waals surface area (Å²) in [7, 11) is 1.55. The topological polar surface area (TPSA) is 107 Å². The maximum Gasteiger partial charge on any atom is 0.338 e. The zero-order valence-electron chi connectivity index (χ0n) is 18.0. The summed E-state index contributed by atoms with van der Waals surface area (Å²) in [5, 5.41) is 6.99. The molecule has 2 aliphatic heterocycles. The molecule has 2 aromatic rings. The molecule has 0 saturated heterocycles. The smallest absolute Gasteiger partial charge is 0.338 e. The average molecular weight is 438 g/mol. The van der Waals surface area contributed by atoms with Crippen LogP contribution in [0, 0.1) is 5.92 Å². The van der Waals surface area contributed by atoms with Crippen molar-refractivity contribution >= 4 is 12.0 Å². The summed E-state index contributed by atoms with van der Waals surface area (Å²) in [5.74, 6) is 1.72. The number of methoxy groups -OCH3 is 1. The molecule has 9 nitrogen and oxygen atoms in total. The molecule has 1 atom stereocenters. The Hall–Kier alpha value is -3.36. The molecule has 1 aromatic heterocycles. The zero-order chi connectivity index (χ0) is 22.1. The van der Waals surface area contributed by atoms with Crippen LogP contribution in [0.3, 0.4) is 0 Å². The number of cyclic esters (lactones) is 1. The second-order valence-corrected chi connectivity index (χ2v) is 8.46. The van der Waals surface area contributed by atoms with Crippen LogP contribution in [0.4, 0.5) is 4.79 Å². The summed E-state index contributed by atoms with van der Waals surface area (Å²) < 4.78 is 16.2. The van der Waals surface area contributed by atoms with Crippen molar-refractivity contribution in [2.45, 2.75) is 51.1 Å². The number of hydrogen-bond acceptors (Lipinski definition) is 7. The summed E-state index contributed by atoms with van der Waals surface area (Å²) in [6.45, 7) is 0.133. The first-order valence-corrected chi connectivity index (χ1v) is 11.1. The fourth-order valence-electron chi connectivity index (χ4n) is 4.83. The molecule has 32 heavy (non-hydrogen) atoms. The van der Waals surface area contributed by atoms with E-state index in [0.29, 0.717) is 40.2 Å². The lowest BCUT2D eigenvalue weighted by Crippen LogP contribution is -2.47. The number of esters is 1. The molecule has 168 valence electrons. The quantitative estimate of drug-likeness (QED) is 0.690. The van der Waals surface area contributed by atoms with Crippen LogP contribution in [0.1, 0.15) is 55.4 Å². The fraction of sp³-hybridized carbons (Fsp3) is 0.478. The Morgan fingerprint density at radius 3 is 2.81 bits per heavy atom. The van der Waals surface area contributed by atoms with E-state index in [1.807, 2.05) is 18.2 Å². The van der Waals surface area contributed by atoms with E-state index in [1.165, 1.54) is 37.0 Å². The number of amides is 2. The zero-order valence-corrected chi connectivity index (χ0v) is 18.0. The Bertz CT molecular complexity index is 1060. The molecular weight excluding hydrogens is 412 g/mol. The highest BCUT2D eigenvalue weighted by Gasteiger charge is 2.43. The van der Waals surface area contributed by atoms with Gasteiger partial charge in [0.05, 0.1) is 31.0 Å². The first-order valence-electron chi connectivity index (χ1n) is 11.1. The molecule has 1 saturated carbocycles. The molecule has 0 radical (unpaired) electrons. The number of nitrogens with one attached hydrogen (secondary N) is 1. The second kappa shape index (κ2) is 8.64. The monoisotopic (exact) mass is 438 g/mol. The van der Waals surface area contributed by atoms with Crippen LogP contribution in [0.25, 0.3) is 0 Å². The van der Waals surface area contributed by atoms with Gasteiger partial charge in [-0.15, -0.1) is 0 Å². The first-order chi connectivity index (χ1) is 15.6. The minimum atomic E-state index is -0.646. The van der Waals surface area contributed by atoms with Crippen molar-refractivity contribution in [3.63, 3.8) is 0 Å². The largest absolute Gasteiger partial charge is 0.496 e. The number of carbonyl (C=O) groups excluding carboxylic acids is 2. The number of aromatic nitrogens is 2. The van der Waals surface area contributed by atoms with E-state index < -0.39 is 12.0 Å². The van der Waals surface area contributed by atoms with Gasteiger partial charge in [-0.25, -0.2) is 9.59 Å². The van der Waals surface area contributed by atoms with Crippen molar-refractivity contribution in [1.82, 2.24) is 20.4 Å². The van der Waals surface area contributed by atoms with Gasteiger partial charge in [-0.2, -0.15) is 4.98 Å². The molecule has 1 N–H and O–H groups in total. The van der Waals surface area contributed by atoms with Crippen LogP contribution >= 0.6 is 0 Å². The lowest BCUT2D eigenvalue weighted by Gasteiger charge is -2.32. The van der Waals surface area contributed by atoms with Gasteiger partial charge in [0.25, 0.3) is 0 Å². The van der Waals surface area contributed by atoms with Crippen molar-refractivity contribution in [2.24, 2.45) is 5.92 Å². The summed E-state index contributed by atoms with van der Waals surface area (Å²) in [5.41, 5.74) is 1.62. The first kappa shape index (κ1) is 20.5. The van der Waals surface area contributed by atoms with E-state index in [9.17, 15) is 9.59 Å². The summed E-state index contributed by atoms with van der Waals surface area (Å²) in [6.07, 6.45) is 6.93. The van der Waals surface area contributed by atoms with Crippen molar-refractivity contribution in [1.29, 1.82) is 0 Å². The Kier molecular flexibility index (Phi) is 5.55. The van der Waals surface area contributed by atoms with Gasteiger partial charge in [0.15, 0.2) is 5.82 Å². The van der Waals surface area contributed by atoms with Gasteiger partial charge in [0.1, 0.15) is 12.4 Å². The Labute approximate surface area is 185 Å². The van der Waals surface area contributed by atoms with E-state index >= 15 is 0 Å². The molecule has 1 aromatic carbocycles. The van der Waals surface area contributed by atoms with Crippen molar-refractivity contribution in [3.05, 3.63) is 52.8 Å². The number of benzene rings is 1. The number of carbonyl (C=O) groups is 2. The SMILES string of the molecule is COc1ccccc1[C@H]1NC(=O)N(Cc2noc(CC3CCCCC3)n2)C2=C1C(=O)OC2. The van der Waals surface area contributed by atoms with Crippen LogP contribution in [0.5, 0.6) is 5.75 Å². The summed E-state index contributed by atoms with van der Waals surface area (Å²) in [6, 6.07) is 6.30. The normalized spacial score (nSPS) is 21.4. The third kappa shape index (κ3) is 3.83. The number of hydrogen-bond donors (Lipinski definition) is 1. The number of ether oxygens (including phenoxy) is 2. The standard InChI is InChI=1S/C23H26N4O5/c1-30-17-10-6-5-9-15(17)21-20-16(13-31-22(20)28)27(23(29)25-21)12-18-24-19(32-26-18)11-14-7-3-2-4-8-14/h5-6,9-10,14,21H,2-4,7-8,11-13H2,1H3,(H,25,29)/t21-/m1/s1. The van der Waals surface area contributed by atoms with Gasteiger partial charge in [-0.05, 0) is 24.8 Å². The molecule has 0 bridgehead atoms. The Morgan fingerprint density at radius 2 is 2.00 bits per heavy atom. The van der Waals surface area contributed by atoms with E-state index in [2.05, 4.69) is 15.5 Å². The molecule has 3 aliphatic rings. The lowest BCUT2D eigenvalue weighted by molar-refractivity contribution is -0.136.